The van der Waals surface area contributed by atoms with Gasteiger partial charge in [0.1, 0.15) is 35.8 Å². The smallest absolute Gasteiger partial charge is 0.247 e. The molecule has 2 heterocycles. The van der Waals surface area contributed by atoms with Crippen molar-refractivity contribution in [1.29, 1.82) is 0 Å². The Labute approximate surface area is 267 Å². The van der Waals surface area contributed by atoms with Crippen LogP contribution < -0.4 is 26.0 Å². The summed E-state index contributed by atoms with van der Waals surface area (Å²) in [6.07, 6.45) is 2.47. The zero-order valence-corrected chi connectivity index (χ0v) is 27.0. The second kappa shape index (κ2) is 14.4. The normalized spacial score (nSPS) is 16.1. The summed E-state index contributed by atoms with van der Waals surface area (Å²) in [6.45, 7) is 7.72. The summed E-state index contributed by atoms with van der Waals surface area (Å²) in [6, 6.07) is 5.49. The molecule has 4 N–H and O–H groups in total. The molecule has 1 aromatic heterocycles. The summed E-state index contributed by atoms with van der Waals surface area (Å²) >= 11 is 5.94. The van der Waals surface area contributed by atoms with Crippen LogP contribution in [0.1, 0.15) is 40.5 Å². The number of carbonyl (C=O) groups is 3. The highest BCUT2D eigenvalue weighted by Gasteiger charge is 2.42. The Bertz CT molecular complexity index is 1540. The molecule has 0 aliphatic carbocycles. The van der Waals surface area contributed by atoms with Gasteiger partial charge in [-0.3, -0.25) is 14.4 Å². The Morgan fingerprint density at radius 3 is 2.52 bits per heavy atom. The predicted molar refractivity (Wildman–Crippen MR) is 171 cm³/mol. The summed E-state index contributed by atoms with van der Waals surface area (Å²) in [5.41, 5.74) is 0.817. The molecule has 1 aliphatic heterocycles. The fraction of sp³-hybridized carbons (Fsp3) is 0.433. The van der Waals surface area contributed by atoms with Crippen LogP contribution in [0.15, 0.2) is 36.7 Å². The standard InChI is InChI=1S/C30H37ClFN7O4.ClH/c1-16(33-5)27(40)38-25(30(2,3)4)29(42)39-11-7-8-23(39)28(41)37-22-13-18-21(14-24(22)43-6)34-15-35-26(18)36-17-9-10-20(32)19(31)12-17;/h9-10,12-16,23,25,33H,7-8,11H2,1-6H3,(H,37,41)(H,38,40)(H,34,35,36);1H. The first-order valence-corrected chi connectivity index (χ1v) is 14.4. The number of carbonyl (C=O) groups excluding carboxylic acids is 3. The number of halogens is 3. The number of ether oxygens (including phenoxy) is 1. The molecule has 0 bridgehead atoms. The maximum absolute atomic E-state index is 13.8. The number of fused-ring (bicyclic) bond motifs is 1. The number of benzene rings is 2. The molecule has 1 aliphatic rings. The van der Waals surface area contributed by atoms with Crippen LogP contribution in [0, 0.1) is 11.2 Å². The second-order valence-corrected chi connectivity index (χ2v) is 11.9. The molecule has 1 saturated heterocycles. The van der Waals surface area contributed by atoms with Crippen molar-refractivity contribution in [3.63, 3.8) is 0 Å². The van der Waals surface area contributed by atoms with Crippen LogP contribution in [0.5, 0.6) is 5.75 Å². The monoisotopic (exact) mass is 649 g/mol. The molecule has 0 radical (unpaired) electrons. The molecule has 14 heteroatoms. The minimum atomic E-state index is -0.829. The number of nitrogens with one attached hydrogen (secondary N) is 4. The molecule has 2 aromatic carbocycles. The summed E-state index contributed by atoms with van der Waals surface area (Å²) in [5, 5.41) is 12.3. The number of hydrogen-bond donors (Lipinski definition) is 4. The van der Waals surface area contributed by atoms with Crippen LogP contribution in [0.4, 0.5) is 21.6 Å². The third kappa shape index (κ3) is 7.66. The molecule has 3 amide bonds. The van der Waals surface area contributed by atoms with Gasteiger partial charge in [0.25, 0.3) is 0 Å². The van der Waals surface area contributed by atoms with Crippen LogP contribution in [-0.2, 0) is 14.4 Å². The number of hydrogen-bond acceptors (Lipinski definition) is 8. The van der Waals surface area contributed by atoms with Crippen molar-refractivity contribution in [2.24, 2.45) is 5.41 Å². The SMILES string of the molecule is CNC(C)C(=O)NC(C(=O)N1CCCC1C(=O)Nc1cc2c(Nc3ccc(F)c(Cl)c3)ncnc2cc1OC)C(C)(C)C.Cl. The van der Waals surface area contributed by atoms with Crippen LogP contribution >= 0.6 is 24.0 Å². The van der Waals surface area contributed by atoms with Gasteiger partial charge >= 0.3 is 0 Å². The van der Waals surface area contributed by atoms with E-state index in [2.05, 4.69) is 31.2 Å². The van der Waals surface area contributed by atoms with Gasteiger partial charge in [-0.2, -0.15) is 0 Å². The number of anilines is 3. The van der Waals surface area contributed by atoms with Crippen LogP contribution in [-0.4, -0.2) is 71.4 Å². The van der Waals surface area contributed by atoms with Gasteiger partial charge in [-0.15, -0.1) is 12.4 Å². The lowest BCUT2D eigenvalue weighted by Gasteiger charge is -2.36. The highest BCUT2D eigenvalue weighted by molar-refractivity contribution is 6.31. The predicted octanol–water partition coefficient (Wildman–Crippen LogP) is 4.66. The molecule has 238 valence electrons. The summed E-state index contributed by atoms with van der Waals surface area (Å²) in [4.78, 5) is 50.3. The molecule has 44 heavy (non-hydrogen) atoms. The van der Waals surface area contributed by atoms with E-state index in [1.54, 1.807) is 26.1 Å². The lowest BCUT2D eigenvalue weighted by molar-refractivity contribution is -0.143. The molecular formula is C30H38Cl2FN7O4. The van der Waals surface area contributed by atoms with E-state index in [0.29, 0.717) is 53.2 Å². The minimum absolute atomic E-state index is 0. The van der Waals surface area contributed by atoms with E-state index in [1.165, 1.54) is 36.5 Å². The van der Waals surface area contributed by atoms with Crippen molar-refractivity contribution in [2.75, 3.05) is 31.3 Å². The Morgan fingerprint density at radius 2 is 1.89 bits per heavy atom. The molecule has 4 rings (SSSR count). The zero-order chi connectivity index (χ0) is 31.5. The Hall–Kier alpha value is -3.74. The van der Waals surface area contributed by atoms with Gasteiger partial charge in [-0.25, -0.2) is 14.4 Å². The maximum Gasteiger partial charge on any atom is 0.247 e. The van der Waals surface area contributed by atoms with E-state index < -0.39 is 29.4 Å². The molecule has 0 saturated carbocycles. The summed E-state index contributed by atoms with van der Waals surface area (Å²) in [5.74, 6) is -0.771. The summed E-state index contributed by atoms with van der Waals surface area (Å²) in [7, 11) is 3.15. The van der Waals surface area contributed by atoms with E-state index in [4.69, 9.17) is 16.3 Å². The number of amides is 3. The number of likely N-dealkylation sites (N-methyl/N-ethyl adjacent to an activating group) is 1. The van der Waals surface area contributed by atoms with Crippen molar-refractivity contribution >= 4 is 69.8 Å². The van der Waals surface area contributed by atoms with Gasteiger partial charge in [0, 0.05) is 23.7 Å². The van der Waals surface area contributed by atoms with Crippen molar-refractivity contribution in [1.82, 2.24) is 25.5 Å². The number of methoxy groups -OCH3 is 1. The van der Waals surface area contributed by atoms with Crippen LogP contribution in [0.25, 0.3) is 10.9 Å². The molecule has 0 spiro atoms. The third-order valence-electron chi connectivity index (χ3n) is 7.46. The van der Waals surface area contributed by atoms with E-state index in [9.17, 15) is 18.8 Å². The first-order valence-electron chi connectivity index (χ1n) is 14.0. The van der Waals surface area contributed by atoms with Gasteiger partial charge in [0.15, 0.2) is 0 Å². The first-order chi connectivity index (χ1) is 20.3. The number of likely N-dealkylation sites (tertiary alicyclic amines) is 1. The molecule has 1 fully saturated rings. The van der Waals surface area contributed by atoms with Gasteiger partial charge < -0.3 is 30.9 Å². The largest absolute Gasteiger partial charge is 0.494 e. The van der Waals surface area contributed by atoms with E-state index >= 15 is 0 Å². The van der Waals surface area contributed by atoms with Crippen LogP contribution in [0.3, 0.4) is 0 Å². The Kier molecular flexibility index (Phi) is 11.3. The van der Waals surface area contributed by atoms with Crippen LogP contribution in [0.2, 0.25) is 5.02 Å². The van der Waals surface area contributed by atoms with Crippen molar-refractivity contribution in [3.05, 3.63) is 47.5 Å². The zero-order valence-electron chi connectivity index (χ0n) is 25.5. The average Bonchev–Trinajstić information content (AvgIpc) is 3.46. The highest BCUT2D eigenvalue weighted by Crippen LogP contribution is 2.34. The Morgan fingerprint density at radius 1 is 1.16 bits per heavy atom. The van der Waals surface area contributed by atoms with Gasteiger partial charge in [-0.1, -0.05) is 32.4 Å². The van der Waals surface area contributed by atoms with Crippen molar-refractivity contribution < 1.29 is 23.5 Å². The quantitative estimate of drug-likeness (QED) is 0.263. The second-order valence-electron chi connectivity index (χ2n) is 11.5. The van der Waals surface area contributed by atoms with Gasteiger partial charge in [-0.05, 0) is 56.5 Å². The molecule has 3 aromatic rings. The highest BCUT2D eigenvalue weighted by atomic mass is 35.5. The lowest BCUT2D eigenvalue weighted by atomic mass is 9.85. The molecule has 3 atom stereocenters. The fourth-order valence-corrected chi connectivity index (χ4v) is 5.07. The number of nitrogens with zero attached hydrogens (tertiary/aromatic N) is 3. The number of rotatable bonds is 9. The Balaban J connectivity index is 0.00000529. The third-order valence-corrected chi connectivity index (χ3v) is 7.75. The van der Waals surface area contributed by atoms with E-state index in [1.807, 2.05) is 20.8 Å². The topological polar surface area (TPSA) is 138 Å². The van der Waals surface area contributed by atoms with E-state index in [-0.39, 0.29) is 35.2 Å². The maximum atomic E-state index is 13.8. The van der Waals surface area contributed by atoms with Crippen molar-refractivity contribution in [3.8, 4) is 5.75 Å². The average molecular weight is 651 g/mol. The number of aromatic nitrogens is 2. The van der Waals surface area contributed by atoms with E-state index in [0.717, 1.165) is 0 Å². The molecule has 3 unspecified atom stereocenters. The molecular weight excluding hydrogens is 612 g/mol. The lowest BCUT2D eigenvalue weighted by Crippen LogP contribution is -2.59. The fourth-order valence-electron chi connectivity index (χ4n) is 4.89. The first kappa shape index (κ1) is 34.7. The van der Waals surface area contributed by atoms with Gasteiger partial charge in [0.05, 0.1) is 29.4 Å². The van der Waals surface area contributed by atoms with Crippen molar-refractivity contribution in [2.45, 2.75) is 58.7 Å². The summed E-state index contributed by atoms with van der Waals surface area (Å²) < 4.78 is 19.2. The minimum Gasteiger partial charge on any atom is -0.494 e. The molecule has 11 nitrogen and oxygen atoms in total. The van der Waals surface area contributed by atoms with Gasteiger partial charge in [0.2, 0.25) is 17.7 Å².